The van der Waals surface area contributed by atoms with E-state index >= 15 is 0 Å². The molecule has 0 bridgehead atoms. The van der Waals surface area contributed by atoms with Gasteiger partial charge in [0, 0.05) is 0 Å². The Morgan fingerprint density at radius 3 is 0.929 bits per heavy atom. The molecule has 14 heavy (non-hydrogen) atoms. The van der Waals surface area contributed by atoms with Gasteiger partial charge in [0.1, 0.15) is 0 Å². The summed E-state index contributed by atoms with van der Waals surface area (Å²) in [6.07, 6.45) is -8.37. The van der Waals surface area contributed by atoms with Crippen molar-refractivity contribution in [3.05, 3.63) is 0 Å². The van der Waals surface area contributed by atoms with E-state index in [1.54, 1.807) is 0 Å². The molecule has 8 nitrogen and oxygen atoms in total. The van der Waals surface area contributed by atoms with Crippen LogP contribution in [0.2, 0.25) is 0 Å². The quantitative estimate of drug-likeness (QED) is 0.362. The Labute approximate surface area is 78.2 Å². The Morgan fingerprint density at radius 2 is 0.714 bits per heavy atom. The van der Waals surface area contributed by atoms with E-state index in [-0.39, 0.29) is 0 Å². The van der Waals surface area contributed by atoms with Gasteiger partial charge in [-0.2, -0.15) is 0 Å². The molecule has 0 aromatic rings. The molecule has 0 spiro atoms. The van der Waals surface area contributed by atoms with Crippen LogP contribution in [0.1, 0.15) is 0 Å². The van der Waals surface area contributed by atoms with E-state index in [0.29, 0.717) is 0 Å². The molecule has 0 aromatic carbocycles. The molecule has 0 aromatic heterocycles. The van der Waals surface area contributed by atoms with Gasteiger partial charge in [-0.1, -0.05) is 0 Å². The maximum atomic E-state index is 8.93. The van der Waals surface area contributed by atoms with E-state index < -0.39 is 37.7 Å². The molecule has 2 fully saturated rings. The lowest BCUT2D eigenvalue weighted by Gasteiger charge is -2.14. The highest BCUT2D eigenvalue weighted by Gasteiger charge is 2.45. The van der Waals surface area contributed by atoms with Gasteiger partial charge in [-0.05, 0) is 0 Å². The Hall–Kier alpha value is -0.320. The van der Waals surface area contributed by atoms with Crippen LogP contribution in [-0.2, 0) is 18.9 Å². The molecular formula is C6H10O8. The lowest BCUT2D eigenvalue weighted by atomic mass is 10.6. The van der Waals surface area contributed by atoms with Gasteiger partial charge in [0.25, 0.3) is 0 Å². The monoisotopic (exact) mass is 210 g/mol. The van der Waals surface area contributed by atoms with Gasteiger partial charge in [0.15, 0.2) is 0 Å². The van der Waals surface area contributed by atoms with Gasteiger partial charge < -0.3 is 39.4 Å². The molecule has 0 radical (unpaired) electrons. The predicted molar refractivity (Wildman–Crippen MR) is 35.9 cm³/mol. The van der Waals surface area contributed by atoms with Gasteiger partial charge in [0.2, 0.25) is 37.7 Å². The number of hydrogen-bond acceptors (Lipinski definition) is 8. The number of aliphatic hydroxyl groups is 4. The molecule has 82 valence electrons. The Kier molecular flexibility index (Phi) is 2.68. The summed E-state index contributed by atoms with van der Waals surface area (Å²) in [7, 11) is 0. The highest BCUT2D eigenvalue weighted by molar-refractivity contribution is 4.68. The first-order valence-electron chi connectivity index (χ1n) is 3.92. The lowest BCUT2D eigenvalue weighted by Crippen LogP contribution is -2.29. The van der Waals surface area contributed by atoms with Crippen molar-refractivity contribution in [2.75, 3.05) is 0 Å². The van der Waals surface area contributed by atoms with Gasteiger partial charge in [0.05, 0.1) is 0 Å². The third-order valence-corrected chi connectivity index (χ3v) is 1.80. The van der Waals surface area contributed by atoms with Gasteiger partial charge in [-0.15, -0.1) is 0 Å². The van der Waals surface area contributed by atoms with Crippen LogP contribution < -0.4 is 0 Å². The average molecular weight is 210 g/mol. The molecule has 2 aliphatic rings. The predicted octanol–water partition coefficient (Wildman–Crippen LogP) is -2.99. The Morgan fingerprint density at radius 1 is 0.500 bits per heavy atom. The SMILES string of the molecule is OC1OC(C2OC(O)C(O)O2)OC1O. The van der Waals surface area contributed by atoms with Crippen molar-refractivity contribution in [2.45, 2.75) is 37.7 Å². The molecule has 4 atom stereocenters. The molecule has 2 heterocycles. The first kappa shape index (κ1) is 10.2. The minimum atomic E-state index is -1.50. The molecule has 2 aliphatic heterocycles. The zero-order valence-corrected chi connectivity index (χ0v) is 6.89. The second-order valence-electron chi connectivity index (χ2n) is 2.84. The van der Waals surface area contributed by atoms with Gasteiger partial charge in [-0.3, -0.25) is 0 Å². The van der Waals surface area contributed by atoms with Crippen molar-refractivity contribution >= 4 is 0 Å². The van der Waals surface area contributed by atoms with Crippen molar-refractivity contribution in [3.8, 4) is 0 Å². The third kappa shape index (κ3) is 1.74. The zero-order chi connectivity index (χ0) is 10.3. The number of ether oxygens (including phenoxy) is 4. The fourth-order valence-electron chi connectivity index (χ4n) is 1.14. The summed E-state index contributed by atoms with van der Waals surface area (Å²) in [5, 5.41) is 35.7. The summed E-state index contributed by atoms with van der Waals surface area (Å²) in [4.78, 5) is 0. The maximum Gasteiger partial charge on any atom is 0.215 e. The van der Waals surface area contributed by atoms with Crippen LogP contribution in [-0.4, -0.2) is 58.2 Å². The molecule has 0 aliphatic carbocycles. The minimum absolute atomic E-state index is 1.19. The van der Waals surface area contributed by atoms with Crippen LogP contribution in [0, 0.1) is 0 Å². The standard InChI is InChI=1S/C6H10O8/c7-1-2(8)12-5(11-1)6-13-3(9)4(10)14-6/h1-10H. The number of hydrogen-bond donors (Lipinski definition) is 4. The van der Waals surface area contributed by atoms with Crippen molar-refractivity contribution in [2.24, 2.45) is 0 Å². The molecule has 4 N–H and O–H groups in total. The second kappa shape index (κ2) is 3.68. The van der Waals surface area contributed by atoms with E-state index in [0.717, 1.165) is 0 Å². The van der Waals surface area contributed by atoms with E-state index in [9.17, 15) is 0 Å². The summed E-state index contributed by atoms with van der Waals surface area (Å²) in [6.45, 7) is 0. The van der Waals surface area contributed by atoms with E-state index in [1.165, 1.54) is 0 Å². The van der Waals surface area contributed by atoms with Crippen molar-refractivity contribution in [1.29, 1.82) is 0 Å². The Balaban J connectivity index is 1.92. The smallest absolute Gasteiger partial charge is 0.215 e. The van der Waals surface area contributed by atoms with E-state index in [1.807, 2.05) is 0 Å². The summed E-state index contributed by atoms with van der Waals surface area (Å²) in [5.41, 5.74) is 0. The molecule has 0 amide bonds. The number of rotatable bonds is 1. The summed E-state index contributed by atoms with van der Waals surface area (Å²) in [5.74, 6) is 0. The molecule has 2 saturated heterocycles. The van der Waals surface area contributed by atoms with Crippen LogP contribution >= 0.6 is 0 Å². The van der Waals surface area contributed by atoms with Gasteiger partial charge in [-0.25, -0.2) is 0 Å². The van der Waals surface area contributed by atoms with Crippen LogP contribution in [0.4, 0.5) is 0 Å². The summed E-state index contributed by atoms with van der Waals surface area (Å²) >= 11 is 0. The van der Waals surface area contributed by atoms with E-state index in [2.05, 4.69) is 18.9 Å². The fourth-order valence-corrected chi connectivity index (χ4v) is 1.14. The largest absolute Gasteiger partial charge is 0.364 e. The second-order valence-corrected chi connectivity index (χ2v) is 2.84. The molecule has 4 unspecified atom stereocenters. The Bertz CT molecular complexity index is 168. The van der Waals surface area contributed by atoms with Gasteiger partial charge >= 0.3 is 0 Å². The zero-order valence-electron chi connectivity index (χ0n) is 6.89. The summed E-state index contributed by atoms with van der Waals surface area (Å²) in [6, 6.07) is 0. The van der Waals surface area contributed by atoms with Crippen molar-refractivity contribution in [1.82, 2.24) is 0 Å². The van der Waals surface area contributed by atoms with Crippen LogP contribution in [0.15, 0.2) is 0 Å². The van der Waals surface area contributed by atoms with Crippen LogP contribution in [0.5, 0.6) is 0 Å². The highest BCUT2D eigenvalue weighted by Crippen LogP contribution is 2.26. The van der Waals surface area contributed by atoms with E-state index in [4.69, 9.17) is 20.4 Å². The third-order valence-electron chi connectivity index (χ3n) is 1.80. The molecular weight excluding hydrogens is 200 g/mol. The van der Waals surface area contributed by atoms with Crippen LogP contribution in [0.25, 0.3) is 0 Å². The lowest BCUT2D eigenvalue weighted by molar-refractivity contribution is -0.251. The normalized spacial score (nSPS) is 54.0. The topological polar surface area (TPSA) is 118 Å². The molecule has 2 rings (SSSR count). The van der Waals surface area contributed by atoms with Crippen molar-refractivity contribution in [3.63, 3.8) is 0 Å². The fraction of sp³-hybridized carbons (Fsp3) is 1.00. The van der Waals surface area contributed by atoms with Crippen molar-refractivity contribution < 1.29 is 39.4 Å². The first-order valence-corrected chi connectivity index (χ1v) is 3.92. The average Bonchev–Trinajstić information content (AvgIpc) is 2.60. The minimum Gasteiger partial charge on any atom is -0.364 e. The highest BCUT2D eigenvalue weighted by atomic mass is 16.9. The van der Waals surface area contributed by atoms with Crippen LogP contribution in [0.3, 0.4) is 0 Å². The molecule has 0 saturated carbocycles. The first-order chi connectivity index (χ1) is 6.58. The number of aliphatic hydroxyl groups excluding tert-OH is 4. The maximum absolute atomic E-state index is 8.93. The summed E-state index contributed by atoms with van der Waals surface area (Å²) < 4.78 is 18.7. The molecule has 8 heteroatoms.